The molecule has 23 heavy (non-hydrogen) atoms. The molecule has 1 atom stereocenters. The fourth-order valence-corrected chi connectivity index (χ4v) is 2.38. The molecule has 1 fully saturated rings. The number of anilines is 1. The number of benzene rings is 1. The number of rotatable bonds is 3. The zero-order chi connectivity index (χ0) is 17.3. The summed E-state index contributed by atoms with van der Waals surface area (Å²) in [6.07, 6.45) is 0.386. The van der Waals surface area contributed by atoms with Crippen LogP contribution in [0.15, 0.2) is 0 Å². The Balaban J connectivity index is 2.17. The van der Waals surface area contributed by atoms with Gasteiger partial charge in [-0.15, -0.1) is 0 Å². The minimum Gasteiger partial charge on any atom is -0.393 e. The van der Waals surface area contributed by atoms with E-state index in [2.05, 4.69) is 0 Å². The summed E-state index contributed by atoms with van der Waals surface area (Å²) in [5.41, 5.74) is -1.37. The molecular formula is C14H15F5N2O2. The maximum absolute atomic E-state index is 13.5. The number of likely N-dealkylation sites (tertiary alicyclic amines) is 1. The molecule has 1 amide bonds. The van der Waals surface area contributed by atoms with Gasteiger partial charge in [0.15, 0.2) is 23.3 Å². The molecule has 4 nitrogen and oxygen atoms in total. The molecule has 1 unspecified atom stereocenters. The Hall–Kier alpha value is -1.74. The second-order valence-electron chi connectivity index (χ2n) is 5.38. The Labute approximate surface area is 128 Å². The molecule has 1 aliphatic heterocycles. The van der Waals surface area contributed by atoms with Crippen molar-refractivity contribution >= 4 is 11.6 Å². The van der Waals surface area contributed by atoms with E-state index < -0.39 is 52.8 Å². The second-order valence-corrected chi connectivity index (χ2v) is 5.38. The first-order valence-electron chi connectivity index (χ1n) is 6.98. The van der Waals surface area contributed by atoms with Gasteiger partial charge in [0.05, 0.1) is 12.1 Å². The lowest BCUT2D eigenvalue weighted by atomic mass is 10.1. The van der Waals surface area contributed by atoms with Gasteiger partial charge in [-0.25, -0.2) is 22.0 Å². The smallest absolute Gasteiger partial charge is 0.241 e. The normalized spacial score (nSPS) is 18.0. The number of amides is 1. The molecule has 1 saturated heterocycles. The summed E-state index contributed by atoms with van der Waals surface area (Å²) in [5.74, 6) is -11.6. The van der Waals surface area contributed by atoms with Crippen molar-refractivity contribution in [2.45, 2.75) is 31.9 Å². The number of nitrogens with zero attached hydrogens (tertiary/aromatic N) is 1. The van der Waals surface area contributed by atoms with Crippen LogP contribution in [-0.4, -0.2) is 41.1 Å². The molecule has 0 aromatic heterocycles. The van der Waals surface area contributed by atoms with Gasteiger partial charge in [-0.1, -0.05) is 0 Å². The van der Waals surface area contributed by atoms with Gasteiger partial charge in [0, 0.05) is 13.1 Å². The van der Waals surface area contributed by atoms with Gasteiger partial charge in [0.25, 0.3) is 0 Å². The molecule has 0 radical (unpaired) electrons. The van der Waals surface area contributed by atoms with Crippen LogP contribution in [0.2, 0.25) is 0 Å². The number of piperidine rings is 1. The van der Waals surface area contributed by atoms with Gasteiger partial charge in [-0.2, -0.15) is 0 Å². The first-order valence-corrected chi connectivity index (χ1v) is 6.98. The molecular weight excluding hydrogens is 323 g/mol. The quantitative estimate of drug-likeness (QED) is 0.505. The molecule has 2 rings (SSSR count). The van der Waals surface area contributed by atoms with Gasteiger partial charge < -0.3 is 10.4 Å². The second kappa shape index (κ2) is 6.79. The SMILES string of the molecule is CC(C(=O)Nc1c(F)c(F)c(F)c(F)c1F)N1CCC(O)CC1. The predicted octanol–water partition coefficient (Wildman–Crippen LogP) is 2.17. The van der Waals surface area contributed by atoms with Crippen molar-refractivity contribution < 1.29 is 31.9 Å². The minimum atomic E-state index is -2.28. The van der Waals surface area contributed by atoms with Crippen molar-refractivity contribution in [2.24, 2.45) is 0 Å². The number of aliphatic hydroxyl groups excluding tert-OH is 1. The van der Waals surface area contributed by atoms with E-state index in [4.69, 9.17) is 0 Å². The topological polar surface area (TPSA) is 52.6 Å². The third kappa shape index (κ3) is 3.45. The van der Waals surface area contributed by atoms with Gasteiger partial charge in [0.2, 0.25) is 11.7 Å². The minimum absolute atomic E-state index is 0.382. The zero-order valence-electron chi connectivity index (χ0n) is 12.2. The van der Waals surface area contributed by atoms with Crippen molar-refractivity contribution in [2.75, 3.05) is 18.4 Å². The van der Waals surface area contributed by atoms with Gasteiger partial charge >= 0.3 is 0 Å². The number of nitrogens with one attached hydrogen (secondary N) is 1. The van der Waals surface area contributed by atoms with E-state index in [1.807, 2.05) is 0 Å². The molecule has 0 aliphatic carbocycles. The van der Waals surface area contributed by atoms with Crippen LogP contribution in [-0.2, 0) is 4.79 Å². The Bertz CT molecular complexity index is 589. The van der Waals surface area contributed by atoms with Gasteiger partial charge in [0.1, 0.15) is 5.69 Å². The molecule has 1 heterocycles. The highest BCUT2D eigenvalue weighted by atomic mass is 19.2. The molecule has 1 aromatic carbocycles. The van der Waals surface area contributed by atoms with E-state index in [1.165, 1.54) is 6.92 Å². The fourth-order valence-electron chi connectivity index (χ4n) is 2.38. The third-order valence-electron chi connectivity index (χ3n) is 3.88. The van der Waals surface area contributed by atoms with Crippen LogP contribution < -0.4 is 5.32 Å². The van der Waals surface area contributed by atoms with E-state index in [1.54, 1.807) is 10.2 Å². The van der Waals surface area contributed by atoms with Crippen molar-refractivity contribution in [1.82, 2.24) is 4.90 Å². The van der Waals surface area contributed by atoms with E-state index in [-0.39, 0.29) is 0 Å². The summed E-state index contributed by atoms with van der Waals surface area (Å²) in [4.78, 5) is 13.7. The summed E-state index contributed by atoms with van der Waals surface area (Å²) < 4.78 is 66.2. The van der Waals surface area contributed by atoms with E-state index in [9.17, 15) is 31.9 Å². The first kappa shape index (κ1) is 17.6. The van der Waals surface area contributed by atoms with Crippen molar-refractivity contribution in [1.29, 1.82) is 0 Å². The average Bonchev–Trinajstić information content (AvgIpc) is 2.55. The summed E-state index contributed by atoms with van der Waals surface area (Å²) in [7, 11) is 0. The fraction of sp³-hybridized carbons (Fsp3) is 0.500. The zero-order valence-corrected chi connectivity index (χ0v) is 12.2. The molecule has 1 aromatic rings. The lowest BCUT2D eigenvalue weighted by Gasteiger charge is -2.33. The summed E-state index contributed by atoms with van der Waals surface area (Å²) in [5, 5.41) is 11.2. The van der Waals surface area contributed by atoms with Crippen molar-refractivity contribution in [3.8, 4) is 0 Å². The largest absolute Gasteiger partial charge is 0.393 e. The van der Waals surface area contributed by atoms with Crippen LogP contribution in [0.4, 0.5) is 27.6 Å². The molecule has 0 spiro atoms. The van der Waals surface area contributed by atoms with Crippen LogP contribution in [0, 0.1) is 29.1 Å². The predicted molar refractivity (Wildman–Crippen MR) is 71.1 cm³/mol. The maximum atomic E-state index is 13.5. The lowest BCUT2D eigenvalue weighted by molar-refractivity contribution is -0.121. The monoisotopic (exact) mass is 338 g/mol. The number of carbonyl (C=O) groups is 1. The number of aliphatic hydroxyl groups is 1. The molecule has 0 bridgehead atoms. The Kier molecular flexibility index (Phi) is 5.20. The highest BCUT2D eigenvalue weighted by Gasteiger charge is 2.30. The maximum Gasteiger partial charge on any atom is 0.241 e. The van der Waals surface area contributed by atoms with E-state index >= 15 is 0 Å². The summed E-state index contributed by atoms with van der Waals surface area (Å²) in [6.45, 7) is 2.21. The van der Waals surface area contributed by atoms with Crippen molar-refractivity contribution in [3.05, 3.63) is 29.1 Å². The Morgan fingerprint density at radius 2 is 1.48 bits per heavy atom. The number of carbonyl (C=O) groups excluding carboxylic acids is 1. The highest BCUT2D eigenvalue weighted by Crippen LogP contribution is 2.27. The number of halogens is 5. The van der Waals surface area contributed by atoms with Crippen molar-refractivity contribution in [3.63, 3.8) is 0 Å². The third-order valence-corrected chi connectivity index (χ3v) is 3.88. The highest BCUT2D eigenvalue weighted by molar-refractivity contribution is 5.94. The van der Waals surface area contributed by atoms with Crippen LogP contribution in [0.5, 0.6) is 0 Å². The molecule has 1 aliphatic rings. The Morgan fingerprint density at radius 1 is 1.04 bits per heavy atom. The standard InChI is InChI=1S/C14H15F5N2O2/c1-6(21-4-2-7(22)3-5-21)14(23)20-13-11(18)9(16)8(15)10(17)12(13)19/h6-7,22H,2-5H2,1H3,(H,20,23). The Morgan fingerprint density at radius 3 is 1.96 bits per heavy atom. The van der Waals surface area contributed by atoms with Crippen LogP contribution in [0.1, 0.15) is 19.8 Å². The van der Waals surface area contributed by atoms with E-state index in [0.717, 1.165) is 0 Å². The first-order chi connectivity index (χ1) is 10.7. The average molecular weight is 338 g/mol. The number of hydrogen-bond donors (Lipinski definition) is 2. The van der Waals surface area contributed by atoms with Crippen LogP contribution in [0.25, 0.3) is 0 Å². The molecule has 128 valence electrons. The lowest BCUT2D eigenvalue weighted by Crippen LogP contribution is -2.47. The van der Waals surface area contributed by atoms with Gasteiger partial charge in [-0.05, 0) is 19.8 Å². The molecule has 9 heteroatoms. The molecule has 0 saturated carbocycles. The number of hydrogen-bond acceptors (Lipinski definition) is 3. The van der Waals surface area contributed by atoms with Crippen LogP contribution in [0.3, 0.4) is 0 Å². The molecule has 2 N–H and O–H groups in total. The van der Waals surface area contributed by atoms with Crippen LogP contribution >= 0.6 is 0 Å². The van der Waals surface area contributed by atoms with Gasteiger partial charge in [-0.3, -0.25) is 9.69 Å². The summed E-state index contributed by atoms with van der Waals surface area (Å²) >= 11 is 0. The summed E-state index contributed by atoms with van der Waals surface area (Å²) in [6, 6.07) is -0.850. The van der Waals surface area contributed by atoms with E-state index in [0.29, 0.717) is 25.9 Å².